The highest BCUT2D eigenvalue weighted by molar-refractivity contribution is 5.90. The van der Waals surface area contributed by atoms with Crippen molar-refractivity contribution in [2.24, 2.45) is 5.92 Å². The Morgan fingerprint density at radius 2 is 1.71 bits per heavy atom. The number of morpholine rings is 1. The lowest BCUT2D eigenvalue weighted by Crippen LogP contribution is -2.37. The van der Waals surface area contributed by atoms with Crippen molar-refractivity contribution in [3.8, 4) is 11.4 Å². The minimum absolute atomic E-state index is 0.162. The number of hydrogen-bond acceptors (Lipinski definition) is 7. The number of amides is 2. The fraction of sp³-hybridized carbons (Fsp3) is 0.520. The number of fused-ring (bicyclic) bond motifs is 1. The average molecular weight is 478 g/mol. The van der Waals surface area contributed by atoms with Crippen LogP contribution in [0.5, 0.6) is 0 Å². The van der Waals surface area contributed by atoms with Crippen LogP contribution in [0.2, 0.25) is 0 Å². The maximum absolute atomic E-state index is 12.1. The molecule has 0 unspecified atom stereocenters. The Kier molecular flexibility index (Phi) is 6.22. The highest BCUT2D eigenvalue weighted by atomic mass is 16.5. The van der Waals surface area contributed by atoms with Gasteiger partial charge >= 0.3 is 6.03 Å². The molecule has 6 rings (SSSR count). The number of rotatable bonds is 6. The van der Waals surface area contributed by atoms with Crippen LogP contribution >= 0.6 is 0 Å². The van der Waals surface area contributed by atoms with E-state index in [4.69, 9.17) is 24.4 Å². The number of anilines is 2. The minimum atomic E-state index is -0.162. The van der Waals surface area contributed by atoms with E-state index in [0.29, 0.717) is 31.0 Å². The Morgan fingerprint density at radius 3 is 2.46 bits per heavy atom. The first-order valence-electron chi connectivity index (χ1n) is 12.5. The summed E-state index contributed by atoms with van der Waals surface area (Å²) in [4.78, 5) is 29.0. The third kappa shape index (κ3) is 5.08. The molecule has 10 nitrogen and oxygen atoms in total. The molecule has 2 N–H and O–H groups in total. The molecule has 3 aliphatic rings. The van der Waals surface area contributed by atoms with E-state index in [2.05, 4.69) is 20.1 Å². The molecule has 1 aliphatic carbocycles. The normalized spacial score (nSPS) is 19.1. The number of nitrogens with zero attached hydrogens (tertiary/aromatic N) is 5. The Hall–Kier alpha value is -3.24. The van der Waals surface area contributed by atoms with Crippen molar-refractivity contribution in [2.75, 3.05) is 49.7 Å². The molecule has 0 radical (unpaired) electrons. The van der Waals surface area contributed by atoms with Crippen LogP contribution < -0.4 is 15.5 Å². The second-order valence-corrected chi connectivity index (χ2v) is 9.55. The van der Waals surface area contributed by atoms with Crippen LogP contribution in [0, 0.1) is 5.92 Å². The number of urea groups is 1. The van der Waals surface area contributed by atoms with Gasteiger partial charge < -0.3 is 29.6 Å². The number of benzene rings is 1. The molecule has 0 atom stereocenters. The third-order valence-corrected chi connectivity index (χ3v) is 6.87. The van der Waals surface area contributed by atoms with Gasteiger partial charge in [0.25, 0.3) is 0 Å². The van der Waals surface area contributed by atoms with Crippen molar-refractivity contribution in [3.05, 3.63) is 30.6 Å². The molecule has 0 spiro atoms. The molecule has 3 aromatic rings. The van der Waals surface area contributed by atoms with Crippen molar-refractivity contribution in [1.82, 2.24) is 24.8 Å². The molecule has 1 aromatic carbocycles. The lowest BCUT2D eigenvalue weighted by Gasteiger charge is -2.28. The molecule has 2 aliphatic heterocycles. The van der Waals surface area contributed by atoms with E-state index in [1.54, 1.807) is 0 Å². The summed E-state index contributed by atoms with van der Waals surface area (Å²) in [7, 11) is 0. The fourth-order valence-electron chi connectivity index (χ4n) is 4.68. The van der Waals surface area contributed by atoms with E-state index >= 15 is 0 Å². The molecular formula is C25H31N7O3. The number of nitrogens with one attached hydrogen (secondary N) is 2. The van der Waals surface area contributed by atoms with Gasteiger partial charge in [-0.05, 0) is 55.9 Å². The molecule has 2 aromatic heterocycles. The Morgan fingerprint density at radius 1 is 0.971 bits per heavy atom. The predicted molar refractivity (Wildman–Crippen MR) is 133 cm³/mol. The minimum Gasteiger partial charge on any atom is -0.381 e. The van der Waals surface area contributed by atoms with Gasteiger partial charge in [0.1, 0.15) is 0 Å². The quantitative estimate of drug-likeness (QED) is 0.562. The van der Waals surface area contributed by atoms with Crippen LogP contribution in [0.4, 0.5) is 16.3 Å². The number of ether oxygens (including phenoxy) is 2. The average Bonchev–Trinajstić information content (AvgIpc) is 3.62. The van der Waals surface area contributed by atoms with Crippen LogP contribution in [0.3, 0.4) is 0 Å². The molecule has 4 heterocycles. The summed E-state index contributed by atoms with van der Waals surface area (Å²) < 4.78 is 13.3. The van der Waals surface area contributed by atoms with Crippen molar-refractivity contribution >= 4 is 28.7 Å². The monoisotopic (exact) mass is 477 g/mol. The van der Waals surface area contributed by atoms with Gasteiger partial charge in [0.2, 0.25) is 0 Å². The fourth-order valence-corrected chi connectivity index (χ4v) is 4.68. The summed E-state index contributed by atoms with van der Waals surface area (Å²) in [5.41, 5.74) is 3.33. The van der Waals surface area contributed by atoms with Gasteiger partial charge in [-0.1, -0.05) is 0 Å². The summed E-state index contributed by atoms with van der Waals surface area (Å²) in [6, 6.07) is 7.85. The molecular weight excluding hydrogens is 446 g/mol. The van der Waals surface area contributed by atoms with E-state index < -0.39 is 0 Å². The zero-order valence-electron chi connectivity index (χ0n) is 19.8. The number of carbonyl (C=O) groups excluding carboxylic acids is 1. The number of carbonyl (C=O) groups is 1. The summed E-state index contributed by atoms with van der Waals surface area (Å²) >= 11 is 0. The van der Waals surface area contributed by atoms with Gasteiger partial charge in [-0.2, -0.15) is 0 Å². The van der Waals surface area contributed by atoms with Crippen molar-refractivity contribution < 1.29 is 14.3 Å². The molecule has 184 valence electrons. The number of hydrogen-bond donors (Lipinski definition) is 2. The highest BCUT2D eigenvalue weighted by Gasteiger charge is 2.24. The maximum atomic E-state index is 12.1. The van der Waals surface area contributed by atoms with Gasteiger partial charge in [-0.25, -0.2) is 19.7 Å². The number of aromatic nitrogens is 4. The molecule has 1 saturated carbocycles. The van der Waals surface area contributed by atoms with E-state index in [0.717, 1.165) is 86.8 Å². The Balaban J connectivity index is 1.31. The topological polar surface area (TPSA) is 106 Å². The highest BCUT2D eigenvalue weighted by Crippen LogP contribution is 2.29. The van der Waals surface area contributed by atoms with Crippen LogP contribution in [0.15, 0.2) is 30.6 Å². The van der Waals surface area contributed by atoms with Gasteiger partial charge in [0.05, 0.1) is 19.5 Å². The van der Waals surface area contributed by atoms with Crippen molar-refractivity contribution in [1.29, 1.82) is 0 Å². The summed E-state index contributed by atoms with van der Waals surface area (Å²) in [5, 5.41) is 5.84. The summed E-state index contributed by atoms with van der Waals surface area (Å²) in [6.07, 6.45) is 6.12. The van der Waals surface area contributed by atoms with Crippen LogP contribution in [0.1, 0.15) is 25.7 Å². The first-order chi connectivity index (χ1) is 17.2. The molecule has 3 fully saturated rings. The first kappa shape index (κ1) is 22.2. The second-order valence-electron chi connectivity index (χ2n) is 9.55. The van der Waals surface area contributed by atoms with Crippen LogP contribution in [-0.4, -0.2) is 71.1 Å². The Labute approximate surface area is 204 Å². The third-order valence-electron chi connectivity index (χ3n) is 6.87. The smallest absolute Gasteiger partial charge is 0.319 e. The summed E-state index contributed by atoms with van der Waals surface area (Å²) in [5.74, 6) is 2.06. The maximum Gasteiger partial charge on any atom is 0.319 e. The Bertz CT molecular complexity index is 1180. The first-order valence-corrected chi connectivity index (χ1v) is 12.5. The zero-order valence-corrected chi connectivity index (χ0v) is 19.8. The van der Waals surface area contributed by atoms with E-state index in [-0.39, 0.29) is 6.03 Å². The van der Waals surface area contributed by atoms with E-state index in [9.17, 15) is 4.79 Å². The lowest BCUT2D eigenvalue weighted by molar-refractivity contribution is 0.0615. The molecule has 35 heavy (non-hydrogen) atoms. The van der Waals surface area contributed by atoms with Gasteiger partial charge in [0.15, 0.2) is 22.8 Å². The molecule has 2 amide bonds. The molecule has 2 saturated heterocycles. The standard InChI is InChI=1S/C25H31N7O3/c33-25(28-20-5-6-20)27-19-3-1-18(2-4-19)22-29-23(31-9-13-35-14-10-31)21-24(30-22)32(16-26-21)15-17-7-11-34-12-8-17/h1-4,16-17,20H,5-15H2,(H2,27,28,33). The van der Waals surface area contributed by atoms with E-state index in [1.165, 1.54) is 0 Å². The number of imidazole rings is 1. The van der Waals surface area contributed by atoms with Gasteiger partial charge in [-0.3, -0.25) is 0 Å². The van der Waals surface area contributed by atoms with Crippen molar-refractivity contribution in [2.45, 2.75) is 38.3 Å². The lowest BCUT2D eigenvalue weighted by atomic mass is 10.0. The zero-order chi connectivity index (χ0) is 23.6. The van der Waals surface area contributed by atoms with E-state index in [1.807, 2.05) is 30.6 Å². The SMILES string of the molecule is O=C(Nc1ccc(-c2nc(N3CCOCC3)c3ncn(CC4CCOCC4)c3n2)cc1)NC1CC1. The second kappa shape index (κ2) is 9.79. The van der Waals surface area contributed by atoms with Gasteiger partial charge in [-0.15, -0.1) is 0 Å². The largest absolute Gasteiger partial charge is 0.381 e. The van der Waals surface area contributed by atoms with Crippen LogP contribution in [0.25, 0.3) is 22.6 Å². The molecule has 0 bridgehead atoms. The summed E-state index contributed by atoms with van der Waals surface area (Å²) in [6.45, 7) is 5.40. The molecule has 10 heteroatoms. The van der Waals surface area contributed by atoms with Crippen LogP contribution in [-0.2, 0) is 16.0 Å². The van der Waals surface area contributed by atoms with Crippen molar-refractivity contribution in [3.63, 3.8) is 0 Å². The predicted octanol–water partition coefficient (Wildman–Crippen LogP) is 3.04. The van der Waals surface area contributed by atoms with Gasteiger partial charge in [0, 0.05) is 50.1 Å².